The minimum atomic E-state index is 1.15. The molecule has 0 aliphatic carbocycles. The van der Waals surface area contributed by atoms with E-state index in [9.17, 15) is 0 Å². The standard InChI is InChI=1S/C7H8.C5H10/c1-7-5-3-2-4-6-7;1-3-5-4-2/h2-6H,1H3;3H,1,4-5H2,2H3. The highest BCUT2D eigenvalue weighted by Gasteiger charge is 1.72. The number of allylic oxidation sites excluding steroid dienone is 1. The van der Waals surface area contributed by atoms with E-state index in [1.54, 1.807) is 0 Å². The first-order valence-corrected chi connectivity index (χ1v) is 4.43. The molecule has 0 saturated heterocycles. The van der Waals surface area contributed by atoms with E-state index in [2.05, 4.69) is 32.6 Å². The van der Waals surface area contributed by atoms with Crippen LogP contribution in [0.15, 0.2) is 43.0 Å². The van der Waals surface area contributed by atoms with Crippen molar-refractivity contribution >= 4 is 0 Å². The molecule has 0 radical (unpaired) electrons. The summed E-state index contributed by atoms with van der Waals surface area (Å²) < 4.78 is 0. The lowest BCUT2D eigenvalue weighted by Gasteiger charge is -1.82. The van der Waals surface area contributed by atoms with Crippen molar-refractivity contribution < 1.29 is 0 Å². The van der Waals surface area contributed by atoms with E-state index in [0.29, 0.717) is 0 Å². The number of unbranched alkanes of at least 4 members (excludes halogenated alkanes) is 1. The van der Waals surface area contributed by atoms with Crippen molar-refractivity contribution in [2.45, 2.75) is 26.7 Å². The van der Waals surface area contributed by atoms with E-state index in [4.69, 9.17) is 0 Å². The van der Waals surface area contributed by atoms with E-state index >= 15 is 0 Å². The van der Waals surface area contributed by atoms with Gasteiger partial charge in [-0.1, -0.05) is 55.3 Å². The fourth-order valence-electron chi connectivity index (χ4n) is 0.739. The van der Waals surface area contributed by atoms with Gasteiger partial charge < -0.3 is 0 Å². The molecule has 66 valence electrons. The minimum Gasteiger partial charge on any atom is -0.103 e. The van der Waals surface area contributed by atoms with E-state index < -0.39 is 0 Å². The first kappa shape index (κ1) is 11.0. The van der Waals surface area contributed by atoms with Gasteiger partial charge in [-0.3, -0.25) is 0 Å². The van der Waals surface area contributed by atoms with Crippen molar-refractivity contribution in [3.05, 3.63) is 48.6 Å². The first-order chi connectivity index (χ1) is 5.81. The Bertz CT molecular complexity index is 186. The van der Waals surface area contributed by atoms with E-state index in [1.165, 1.54) is 12.0 Å². The molecular weight excluding hydrogens is 144 g/mol. The Kier molecular flexibility index (Phi) is 7.36. The summed E-state index contributed by atoms with van der Waals surface area (Å²) in [5.41, 5.74) is 1.32. The van der Waals surface area contributed by atoms with E-state index in [-0.39, 0.29) is 0 Å². The average Bonchev–Trinajstić information content (AvgIpc) is 2.08. The van der Waals surface area contributed by atoms with Gasteiger partial charge in [0.15, 0.2) is 0 Å². The number of benzene rings is 1. The van der Waals surface area contributed by atoms with Crippen LogP contribution < -0.4 is 0 Å². The third-order valence-corrected chi connectivity index (χ3v) is 1.43. The predicted octanol–water partition coefficient (Wildman–Crippen LogP) is 3.97. The lowest BCUT2D eigenvalue weighted by molar-refractivity contribution is 0.961. The Morgan fingerprint density at radius 2 is 1.83 bits per heavy atom. The summed E-state index contributed by atoms with van der Waals surface area (Å²) in [4.78, 5) is 0. The van der Waals surface area contributed by atoms with Crippen LogP contribution in [-0.2, 0) is 0 Å². The molecule has 1 aromatic rings. The smallest absolute Gasteiger partial charge is 0.0356 e. The topological polar surface area (TPSA) is 0 Å². The molecule has 0 bridgehead atoms. The van der Waals surface area contributed by atoms with Crippen LogP contribution in [0.3, 0.4) is 0 Å². The molecule has 0 fully saturated rings. The summed E-state index contributed by atoms with van der Waals surface area (Å²) in [6, 6.07) is 10.3. The Morgan fingerprint density at radius 3 is 2.00 bits per heavy atom. The zero-order valence-electron chi connectivity index (χ0n) is 8.09. The van der Waals surface area contributed by atoms with Crippen LogP contribution in [0.4, 0.5) is 0 Å². The van der Waals surface area contributed by atoms with E-state index in [1.807, 2.05) is 24.3 Å². The Balaban J connectivity index is 0.000000217. The molecule has 0 aliphatic heterocycles. The van der Waals surface area contributed by atoms with Gasteiger partial charge in [-0.15, -0.1) is 6.58 Å². The molecule has 0 nitrogen and oxygen atoms in total. The number of aryl methyl sites for hydroxylation is 1. The second-order valence-electron chi connectivity index (χ2n) is 2.73. The molecule has 0 amide bonds. The molecule has 0 atom stereocenters. The predicted molar refractivity (Wildman–Crippen MR) is 56.3 cm³/mol. The Hall–Kier alpha value is -1.04. The summed E-state index contributed by atoms with van der Waals surface area (Å²) in [7, 11) is 0. The molecule has 0 spiro atoms. The molecule has 1 aromatic carbocycles. The molecular formula is C12H18. The summed E-state index contributed by atoms with van der Waals surface area (Å²) in [6.45, 7) is 7.77. The third kappa shape index (κ3) is 7.07. The highest BCUT2D eigenvalue weighted by atomic mass is 13.8. The van der Waals surface area contributed by atoms with Gasteiger partial charge >= 0.3 is 0 Å². The SMILES string of the molecule is C=CCCC.Cc1ccccc1. The third-order valence-electron chi connectivity index (χ3n) is 1.43. The van der Waals surface area contributed by atoms with Crippen molar-refractivity contribution in [1.29, 1.82) is 0 Å². The number of hydrogen-bond acceptors (Lipinski definition) is 0. The fraction of sp³-hybridized carbons (Fsp3) is 0.333. The van der Waals surface area contributed by atoms with Crippen molar-refractivity contribution in [2.24, 2.45) is 0 Å². The van der Waals surface area contributed by atoms with Gasteiger partial charge in [0.1, 0.15) is 0 Å². The van der Waals surface area contributed by atoms with Gasteiger partial charge in [0.05, 0.1) is 0 Å². The first-order valence-electron chi connectivity index (χ1n) is 4.43. The van der Waals surface area contributed by atoms with Crippen molar-refractivity contribution in [3.8, 4) is 0 Å². The Morgan fingerprint density at radius 1 is 1.25 bits per heavy atom. The zero-order valence-corrected chi connectivity index (χ0v) is 8.09. The monoisotopic (exact) mass is 162 g/mol. The summed E-state index contributed by atoms with van der Waals surface area (Å²) in [6.07, 6.45) is 4.31. The summed E-state index contributed by atoms with van der Waals surface area (Å²) in [5, 5.41) is 0. The molecule has 1 rings (SSSR count). The van der Waals surface area contributed by atoms with Crippen LogP contribution in [0, 0.1) is 6.92 Å². The maximum atomic E-state index is 3.55. The normalized spacial score (nSPS) is 8.17. The Labute approximate surface area is 75.9 Å². The van der Waals surface area contributed by atoms with Gasteiger partial charge in [0, 0.05) is 0 Å². The lowest BCUT2D eigenvalue weighted by Crippen LogP contribution is -1.62. The van der Waals surface area contributed by atoms with Crippen LogP contribution >= 0.6 is 0 Å². The van der Waals surface area contributed by atoms with Crippen LogP contribution in [0.1, 0.15) is 25.3 Å². The molecule has 12 heavy (non-hydrogen) atoms. The molecule has 0 heterocycles. The molecule has 0 N–H and O–H groups in total. The average molecular weight is 162 g/mol. The maximum Gasteiger partial charge on any atom is -0.0356 e. The zero-order chi connectivity index (χ0) is 9.23. The van der Waals surface area contributed by atoms with Crippen LogP contribution in [0.25, 0.3) is 0 Å². The summed E-state index contributed by atoms with van der Waals surface area (Å²) >= 11 is 0. The van der Waals surface area contributed by atoms with Crippen LogP contribution in [0.2, 0.25) is 0 Å². The van der Waals surface area contributed by atoms with Crippen LogP contribution in [-0.4, -0.2) is 0 Å². The van der Waals surface area contributed by atoms with Crippen molar-refractivity contribution in [2.75, 3.05) is 0 Å². The maximum absolute atomic E-state index is 3.55. The lowest BCUT2D eigenvalue weighted by atomic mass is 10.2. The van der Waals surface area contributed by atoms with Crippen LogP contribution in [0.5, 0.6) is 0 Å². The number of hydrogen-bond donors (Lipinski definition) is 0. The van der Waals surface area contributed by atoms with Gasteiger partial charge in [0.25, 0.3) is 0 Å². The summed E-state index contributed by atoms with van der Waals surface area (Å²) in [5.74, 6) is 0. The fourth-order valence-corrected chi connectivity index (χ4v) is 0.739. The second kappa shape index (κ2) is 8.06. The van der Waals surface area contributed by atoms with Gasteiger partial charge in [0.2, 0.25) is 0 Å². The molecule has 0 unspecified atom stereocenters. The van der Waals surface area contributed by atoms with Crippen molar-refractivity contribution in [3.63, 3.8) is 0 Å². The molecule has 0 aromatic heterocycles. The highest BCUT2D eigenvalue weighted by molar-refractivity contribution is 5.11. The molecule has 0 saturated carbocycles. The van der Waals surface area contributed by atoms with Gasteiger partial charge in [-0.2, -0.15) is 0 Å². The van der Waals surface area contributed by atoms with E-state index in [0.717, 1.165) is 6.42 Å². The minimum absolute atomic E-state index is 1.15. The molecule has 0 aliphatic rings. The second-order valence-corrected chi connectivity index (χ2v) is 2.73. The molecule has 0 heteroatoms. The highest BCUT2D eigenvalue weighted by Crippen LogP contribution is 1.92. The van der Waals surface area contributed by atoms with Gasteiger partial charge in [-0.05, 0) is 13.3 Å². The quantitative estimate of drug-likeness (QED) is 0.577. The van der Waals surface area contributed by atoms with Gasteiger partial charge in [-0.25, -0.2) is 0 Å². The van der Waals surface area contributed by atoms with Crippen molar-refractivity contribution in [1.82, 2.24) is 0 Å². The number of rotatable bonds is 2. The largest absolute Gasteiger partial charge is 0.103 e.